The second kappa shape index (κ2) is 8.58. The lowest BCUT2D eigenvalue weighted by molar-refractivity contribution is 0.0733. The van der Waals surface area contributed by atoms with Crippen LogP contribution in [-0.2, 0) is 16.4 Å². The third-order valence-electron chi connectivity index (χ3n) is 4.61. The maximum atomic E-state index is 12.7. The summed E-state index contributed by atoms with van der Waals surface area (Å²) in [5, 5.41) is 0. The van der Waals surface area contributed by atoms with E-state index in [1.165, 1.54) is 16.4 Å². The highest BCUT2D eigenvalue weighted by atomic mass is 32.2. The minimum Gasteiger partial charge on any atom is -0.497 e. The number of carbonyl (C=O) groups excluding carboxylic acids is 1. The molecule has 0 unspecified atom stereocenters. The topological polar surface area (TPSA) is 72.9 Å². The van der Waals surface area contributed by atoms with Crippen LogP contribution in [0, 0.1) is 0 Å². The molecule has 1 aliphatic heterocycles. The Morgan fingerprint density at radius 3 is 2.61 bits per heavy atom. The molecule has 0 bridgehead atoms. The van der Waals surface area contributed by atoms with Crippen LogP contribution in [0.4, 0.5) is 0 Å². The molecule has 2 aromatic carbocycles. The summed E-state index contributed by atoms with van der Waals surface area (Å²) in [4.78, 5) is 12.7. The average Bonchev–Trinajstić information content (AvgIpc) is 3.25. The van der Waals surface area contributed by atoms with Gasteiger partial charge in [-0.2, -0.15) is 4.31 Å². The largest absolute Gasteiger partial charge is 0.497 e. The highest BCUT2D eigenvalue weighted by molar-refractivity contribution is 7.89. The number of methoxy groups -OCH3 is 1. The number of nitrogens with zero attached hydrogens (tertiary/aromatic N) is 1. The van der Waals surface area contributed by atoms with Crippen molar-refractivity contribution in [1.82, 2.24) is 4.31 Å². The molecular weight excluding hydrogens is 378 g/mol. The molecule has 7 heteroatoms. The van der Waals surface area contributed by atoms with Crippen molar-refractivity contribution in [3.8, 4) is 11.5 Å². The minimum absolute atomic E-state index is 0.102. The molecule has 1 heterocycles. The molecule has 1 saturated heterocycles. The lowest BCUT2D eigenvalue weighted by Crippen LogP contribution is -2.28. The van der Waals surface area contributed by atoms with Crippen LogP contribution in [-0.4, -0.2) is 38.9 Å². The zero-order chi connectivity index (χ0) is 20.1. The Labute approximate surface area is 165 Å². The van der Waals surface area contributed by atoms with Gasteiger partial charge in [0.25, 0.3) is 0 Å². The summed E-state index contributed by atoms with van der Waals surface area (Å²) in [6.45, 7) is 4.73. The Balaban J connectivity index is 1.85. The van der Waals surface area contributed by atoms with E-state index in [0.717, 1.165) is 18.4 Å². The number of allylic oxidation sites excluding steroid dienone is 1. The third kappa shape index (κ3) is 4.26. The van der Waals surface area contributed by atoms with Crippen LogP contribution < -0.4 is 9.47 Å². The minimum atomic E-state index is -3.60. The van der Waals surface area contributed by atoms with Gasteiger partial charge in [-0.1, -0.05) is 12.1 Å². The van der Waals surface area contributed by atoms with Gasteiger partial charge in [0.2, 0.25) is 10.0 Å². The van der Waals surface area contributed by atoms with E-state index in [0.29, 0.717) is 31.0 Å². The fourth-order valence-corrected chi connectivity index (χ4v) is 4.68. The molecule has 0 radical (unpaired) electrons. The molecule has 0 atom stereocenters. The van der Waals surface area contributed by atoms with E-state index in [2.05, 4.69) is 6.58 Å². The summed E-state index contributed by atoms with van der Waals surface area (Å²) in [5.74, 6) is 0.419. The predicted molar refractivity (Wildman–Crippen MR) is 106 cm³/mol. The molecule has 0 amide bonds. The number of hydrogen-bond donors (Lipinski definition) is 0. The zero-order valence-corrected chi connectivity index (χ0v) is 16.6. The quantitative estimate of drug-likeness (QED) is 0.404. The molecule has 0 spiro atoms. The number of esters is 1. The van der Waals surface area contributed by atoms with Gasteiger partial charge < -0.3 is 9.47 Å². The summed E-state index contributed by atoms with van der Waals surface area (Å²) in [6, 6.07) is 11.1. The first-order chi connectivity index (χ1) is 13.5. The Bertz CT molecular complexity index is 978. The van der Waals surface area contributed by atoms with E-state index in [4.69, 9.17) is 9.47 Å². The first-order valence-electron chi connectivity index (χ1n) is 9.06. The first kappa shape index (κ1) is 20.1. The smallest absolute Gasteiger partial charge is 0.343 e. The predicted octanol–water partition coefficient (Wildman–Crippen LogP) is 3.43. The Morgan fingerprint density at radius 2 is 1.93 bits per heavy atom. The number of ether oxygens (including phenoxy) is 2. The van der Waals surface area contributed by atoms with Crippen LogP contribution in [0.2, 0.25) is 0 Å². The molecule has 0 N–H and O–H groups in total. The molecular formula is C21H23NO5S. The van der Waals surface area contributed by atoms with Crippen LogP contribution in [0.25, 0.3) is 0 Å². The molecule has 1 fully saturated rings. The van der Waals surface area contributed by atoms with E-state index in [9.17, 15) is 13.2 Å². The van der Waals surface area contributed by atoms with Gasteiger partial charge in [-0.05, 0) is 55.7 Å². The van der Waals surface area contributed by atoms with E-state index in [1.54, 1.807) is 43.5 Å². The number of sulfonamides is 1. The second-order valence-electron chi connectivity index (χ2n) is 6.49. The highest BCUT2D eigenvalue weighted by Gasteiger charge is 2.27. The number of hydrogen-bond acceptors (Lipinski definition) is 5. The molecule has 2 aromatic rings. The van der Waals surface area contributed by atoms with Gasteiger partial charge in [0.05, 0.1) is 17.6 Å². The van der Waals surface area contributed by atoms with Crippen molar-refractivity contribution in [2.75, 3.05) is 20.2 Å². The van der Waals surface area contributed by atoms with Crippen LogP contribution >= 0.6 is 0 Å². The van der Waals surface area contributed by atoms with Gasteiger partial charge in [0.15, 0.2) is 0 Å². The molecule has 1 aliphatic rings. The summed E-state index contributed by atoms with van der Waals surface area (Å²) >= 11 is 0. The number of carbonyl (C=O) groups is 1. The summed E-state index contributed by atoms with van der Waals surface area (Å²) in [6.07, 6.45) is 3.91. The van der Waals surface area contributed by atoms with Crippen LogP contribution in [0.1, 0.15) is 28.8 Å². The maximum Gasteiger partial charge on any atom is 0.343 e. The van der Waals surface area contributed by atoms with Crippen LogP contribution in [0.15, 0.2) is 60.0 Å². The number of benzene rings is 2. The maximum absolute atomic E-state index is 12.7. The van der Waals surface area contributed by atoms with E-state index >= 15 is 0 Å². The Hall–Kier alpha value is -2.64. The van der Waals surface area contributed by atoms with Crippen molar-refractivity contribution in [2.45, 2.75) is 24.2 Å². The molecule has 0 aromatic heterocycles. The lowest BCUT2D eigenvalue weighted by Gasteiger charge is -2.16. The molecule has 0 saturated carbocycles. The Kier molecular flexibility index (Phi) is 6.16. The first-order valence-corrected chi connectivity index (χ1v) is 10.5. The van der Waals surface area contributed by atoms with E-state index < -0.39 is 16.0 Å². The van der Waals surface area contributed by atoms with Crippen molar-refractivity contribution in [3.63, 3.8) is 0 Å². The Morgan fingerprint density at radius 1 is 1.18 bits per heavy atom. The van der Waals surface area contributed by atoms with Crippen molar-refractivity contribution < 1.29 is 22.7 Å². The SMILES string of the molecule is C=CCc1cc(OC)ccc1OC(=O)c1cccc(S(=O)(=O)N2CCCC2)c1. The average molecular weight is 401 g/mol. The normalized spacial score (nSPS) is 14.6. The van der Waals surface area contributed by atoms with Gasteiger partial charge in [-0.15, -0.1) is 6.58 Å². The zero-order valence-electron chi connectivity index (χ0n) is 15.8. The van der Waals surface area contributed by atoms with Gasteiger partial charge in [-0.3, -0.25) is 0 Å². The standard InChI is InChI=1S/C21H23NO5S/c1-3-7-16-14-18(26-2)10-11-20(16)27-21(23)17-8-6-9-19(15-17)28(24,25)22-12-4-5-13-22/h3,6,8-11,14-15H,1,4-5,7,12-13H2,2H3. The molecule has 3 rings (SSSR count). The van der Waals surface area contributed by atoms with Gasteiger partial charge in [0, 0.05) is 18.7 Å². The summed E-state index contributed by atoms with van der Waals surface area (Å²) in [5.41, 5.74) is 0.934. The second-order valence-corrected chi connectivity index (χ2v) is 8.43. The molecule has 148 valence electrons. The van der Waals surface area contributed by atoms with Crippen molar-refractivity contribution >= 4 is 16.0 Å². The highest BCUT2D eigenvalue weighted by Crippen LogP contribution is 2.27. The van der Waals surface area contributed by atoms with Gasteiger partial charge >= 0.3 is 5.97 Å². The van der Waals surface area contributed by atoms with E-state index in [1.807, 2.05) is 0 Å². The molecule has 28 heavy (non-hydrogen) atoms. The summed E-state index contributed by atoms with van der Waals surface area (Å²) < 4.78 is 37.6. The number of rotatable bonds is 7. The van der Waals surface area contributed by atoms with Crippen LogP contribution in [0.5, 0.6) is 11.5 Å². The fourth-order valence-electron chi connectivity index (χ4n) is 3.12. The molecule has 6 nitrogen and oxygen atoms in total. The van der Waals surface area contributed by atoms with Crippen LogP contribution in [0.3, 0.4) is 0 Å². The van der Waals surface area contributed by atoms with E-state index in [-0.39, 0.29) is 10.5 Å². The van der Waals surface area contributed by atoms with Gasteiger partial charge in [-0.25, -0.2) is 13.2 Å². The van der Waals surface area contributed by atoms with Gasteiger partial charge in [0.1, 0.15) is 11.5 Å². The lowest BCUT2D eigenvalue weighted by atomic mass is 10.1. The van der Waals surface area contributed by atoms with Crippen molar-refractivity contribution in [2.24, 2.45) is 0 Å². The monoisotopic (exact) mass is 401 g/mol. The van der Waals surface area contributed by atoms with Crippen molar-refractivity contribution in [3.05, 3.63) is 66.2 Å². The molecule has 0 aliphatic carbocycles. The van der Waals surface area contributed by atoms with Crippen molar-refractivity contribution in [1.29, 1.82) is 0 Å². The third-order valence-corrected chi connectivity index (χ3v) is 6.50. The summed E-state index contributed by atoms with van der Waals surface area (Å²) in [7, 11) is -2.04. The fraction of sp³-hybridized carbons (Fsp3) is 0.286.